The van der Waals surface area contributed by atoms with Crippen molar-refractivity contribution >= 4 is 17.0 Å². The van der Waals surface area contributed by atoms with Crippen LogP contribution in [-0.4, -0.2) is 15.7 Å². The third kappa shape index (κ3) is 3.23. The molecule has 3 aromatic carbocycles. The van der Waals surface area contributed by atoms with Crippen LogP contribution in [0.3, 0.4) is 0 Å². The minimum Gasteiger partial charge on any atom is -0.293 e. The van der Waals surface area contributed by atoms with Crippen molar-refractivity contribution in [2.24, 2.45) is 0 Å². The maximum atomic E-state index is 13.5. The topological polar surface area (TPSA) is 37.9 Å². The second-order valence-corrected chi connectivity index (χ2v) is 8.73. The van der Waals surface area contributed by atoms with Gasteiger partial charge in [-0.3, -0.25) is 9.80 Å². The number of aromatic nitrogens is 2. The van der Waals surface area contributed by atoms with Crippen molar-refractivity contribution in [3.63, 3.8) is 0 Å². The molecule has 4 nitrogen and oxygen atoms in total. The predicted octanol–water partition coefficient (Wildman–Crippen LogP) is 5.44. The van der Waals surface area contributed by atoms with E-state index in [1.54, 1.807) is 0 Å². The van der Waals surface area contributed by atoms with E-state index in [1.165, 1.54) is 11.1 Å². The number of nitrogens with zero attached hydrogens (tertiary/aromatic N) is 3. The van der Waals surface area contributed by atoms with Crippen molar-refractivity contribution in [1.82, 2.24) is 9.66 Å². The van der Waals surface area contributed by atoms with Crippen LogP contribution in [0.15, 0.2) is 95.8 Å². The number of fused-ring (bicyclic) bond motifs is 4. The van der Waals surface area contributed by atoms with Crippen LogP contribution in [0.25, 0.3) is 17.0 Å². The van der Waals surface area contributed by atoms with Gasteiger partial charge in [-0.15, -0.1) is 0 Å². The van der Waals surface area contributed by atoms with Gasteiger partial charge in [0, 0.05) is 5.92 Å². The fourth-order valence-electron chi connectivity index (χ4n) is 5.15. The number of hydrogen-bond donors (Lipinski definition) is 0. The molecule has 3 atom stereocenters. The average Bonchev–Trinajstić information content (AvgIpc) is 3.57. The van der Waals surface area contributed by atoms with E-state index in [2.05, 4.69) is 65.7 Å². The van der Waals surface area contributed by atoms with Crippen molar-refractivity contribution in [1.29, 1.82) is 0 Å². The van der Waals surface area contributed by atoms with Crippen LogP contribution in [-0.2, 0) is 0 Å². The lowest BCUT2D eigenvalue weighted by atomic mass is 9.93. The first-order valence-electron chi connectivity index (χ1n) is 11.4. The average molecular weight is 420 g/mol. The highest BCUT2D eigenvalue weighted by molar-refractivity contribution is 5.77. The largest absolute Gasteiger partial charge is 0.293 e. The minimum atomic E-state index is 0.0542. The van der Waals surface area contributed by atoms with Crippen LogP contribution >= 0.6 is 0 Å². The standard InChI is InChI=1S/C28H25N3O/c32-28-23-17-9-10-18-24(23)29-27-22(16-8-7-13-20-11-3-1-4-12-20)19-25-26(30(25)31(27)28)21-14-5-2-6-15-21/h1-7,9-15,17-18,22,25-26H,8,16,19H2/b13-7+/t22-,25-,26+,30?/m0/s1. The molecule has 2 aliphatic heterocycles. The Morgan fingerprint density at radius 3 is 2.44 bits per heavy atom. The van der Waals surface area contributed by atoms with Gasteiger partial charge in [-0.05, 0) is 42.5 Å². The second kappa shape index (κ2) is 7.79. The van der Waals surface area contributed by atoms with Crippen LogP contribution in [0.2, 0.25) is 0 Å². The predicted molar refractivity (Wildman–Crippen MR) is 129 cm³/mol. The molecular formula is C28H25N3O. The van der Waals surface area contributed by atoms with Crippen LogP contribution in [0.4, 0.5) is 0 Å². The van der Waals surface area contributed by atoms with Gasteiger partial charge in [-0.2, -0.15) is 0 Å². The van der Waals surface area contributed by atoms with Crippen molar-refractivity contribution in [2.75, 3.05) is 5.01 Å². The Morgan fingerprint density at radius 2 is 1.62 bits per heavy atom. The first-order valence-corrected chi connectivity index (χ1v) is 11.4. The SMILES string of the molecule is O=c1c2ccccc2nc2n1N1[C@H](c3ccccc3)[C@@H]1C[C@@H]2CC/C=C/c1ccccc1. The molecule has 1 aromatic heterocycles. The lowest BCUT2D eigenvalue weighted by Gasteiger charge is -2.26. The van der Waals surface area contributed by atoms with Gasteiger partial charge in [0.15, 0.2) is 0 Å². The van der Waals surface area contributed by atoms with E-state index >= 15 is 0 Å². The molecule has 158 valence electrons. The summed E-state index contributed by atoms with van der Waals surface area (Å²) >= 11 is 0. The van der Waals surface area contributed by atoms with E-state index < -0.39 is 0 Å². The summed E-state index contributed by atoms with van der Waals surface area (Å²) in [4.78, 5) is 18.5. The van der Waals surface area contributed by atoms with Gasteiger partial charge in [-0.25, -0.2) is 9.66 Å². The van der Waals surface area contributed by atoms with Crippen LogP contribution in [0.5, 0.6) is 0 Å². The Morgan fingerprint density at radius 1 is 0.906 bits per heavy atom. The quantitative estimate of drug-likeness (QED) is 0.404. The maximum Gasteiger partial charge on any atom is 0.280 e. The molecule has 3 heterocycles. The van der Waals surface area contributed by atoms with Crippen LogP contribution in [0.1, 0.15) is 48.2 Å². The number of para-hydroxylation sites is 1. The Kier molecular flexibility index (Phi) is 4.64. The van der Waals surface area contributed by atoms with E-state index in [0.29, 0.717) is 11.4 Å². The Hall–Kier alpha value is -3.66. The first-order chi connectivity index (χ1) is 15.8. The van der Waals surface area contributed by atoms with Crippen molar-refractivity contribution < 1.29 is 0 Å². The summed E-state index contributed by atoms with van der Waals surface area (Å²) in [5.41, 5.74) is 3.34. The normalized spacial score (nSPS) is 21.5. The Bertz CT molecular complexity index is 1340. The third-order valence-electron chi connectivity index (χ3n) is 6.73. The van der Waals surface area contributed by atoms with Gasteiger partial charge < -0.3 is 0 Å². The molecule has 2 aliphatic rings. The summed E-state index contributed by atoms with van der Waals surface area (Å²) in [6, 6.07) is 29.2. The van der Waals surface area contributed by atoms with E-state index in [4.69, 9.17) is 4.98 Å². The fourth-order valence-corrected chi connectivity index (χ4v) is 5.15. The number of allylic oxidation sites excluding steroid dienone is 1. The monoisotopic (exact) mass is 419 g/mol. The summed E-state index contributed by atoms with van der Waals surface area (Å²) < 4.78 is 1.89. The van der Waals surface area contributed by atoms with Crippen molar-refractivity contribution in [3.05, 3.63) is 118 Å². The number of rotatable bonds is 5. The van der Waals surface area contributed by atoms with E-state index in [-0.39, 0.29) is 17.5 Å². The molecular weight excluding hydrogens is 394 g/mol. The maximum absolute atomic E-state index is 13.5. The van der Waals surface area contributed by atoms with Gasteiger partial charge in [0.1, 0.15) is 5.82 Å². The molecule has 0 unspecified atom stereocenters. The number of benzene rings is 3. The molecule has 1 fully saturated rings. The second-order valence-electron chi connectivity index (χ2n) is 8.73. The minimum absolute atomic E-state index is 0.0542. The lowest BCUT2D eigenvalue weighted by molar-refractivity contribution is 0.471. The van der Waals surface area contributed by atoms with Crippen molar-refractivity contribution in [2.45, 2.75) is 37.3 Å². The zero-order valence-electron chi connectivity index (χ0n) is 17.8. The third-order valence-corrected chi connectivity index (χ3v) is 6.73. The highest BCUT2D eigenvalue weighted by Crippen LogP contribution is 2.50. The Labute approximate surface area is 187 Å². The summed E-state index contributed by atoms with van der Waals surface area (Å²) in [7, 11) is 0. The van der Waals surface area contributed by atoms with Crippen molar-refractivity contribution in [3.8, 4) is 0 Å². The smallest absolute Gasteiger partial charge is 0.280 e. The van der Waals surface area contributed by atoms with Gasteiger partial charge >= 0.3 is 0 Å². The molecule has 6 rings (SSSR count). The molecule has 4 heteroatoms. The molecule has 0 bridgehead atoms. The van der Waals surface area contributed by atoms with Crippen LogP contribution in [0, 0.1) is 0 Å². The number of hydrogen-bond acceptors (Lipinski definition) is 3. The van der Waals surface area contributed by atoms with Crippen LogP contribution < -0.4 is 10.6 Å². The van der Waals surface area contributed by atoms with Gasteiger partial charge in [0.25, 0.3) is 5.56 Å². The summed E-state index contributed by atoms with van der Waals surface area (Å²) in [5.74, 6) is 1.18. The molecule has 0 aliphatic carbocycles. The molecule has 0 amide bonds. The molecule has 0 spiro atoms. The molecule has 0 N–H and O–H groups in total. The summed E-state index contributed by atoms with van der Waals surface area (Å²) in [6.45, 7) is 0. The van der Waals surface area contributed by atoms with E-state index in [1.807, 2.05) is 41.1 Å². The molecule has 0 saturated carbocycles. The van der Waals surface area contributed by atoms with Gasteiger partial charge in [0.05, 0.1) is 23.0 Å². The highest BCUT2D eigenvalue weighted by Gasteiger charge is 2.54. The first kappa shape index (κ1) is 19.1. The van der Waals surface area contributed by atoms with Gasteiger partial charge in [-0.1, -0.05) is 84.9 Å². The molecule has 0 radical (unpaired) electrons. The lowest BCUT2D eigenvalue weighted by Crippen LogP contribution is -2.38. The Balaban J connectivity index is 1.34. The molecule has 4 aromatic rings. The fraction of sp³-hybridized carbons (Fsp3) is 0.214. The van der Waals surface area contributed by atoms with Gasteiger partial charge in [0.2, 0.25) is 0 Å². The molecule has 1 saturated heterocycles. The summed E-state index contributed by atoms with van der Waals surface area (Å²) in [5, 5.41) is 2.93. The molecule has 32 heavy (non-hydrogen) atoms. The van der Waals surface area contributed by atoms with E-state index in [0.717, 1.165) is 30.6 Å². The summed E-state index contributed by atoms with van der Waals surface area (Å²) in [6.07, 6.45) is 7.40. The zero-order valence-corrected chi connectivity index (χ0v) is 17.8. The van der Waals surface area contributed by atoms with E-state index in [9.17, 15) is 4.79 Å². The zero-order chi connectivity index (χ0) is 21.5. The highest BCUT2D eigenvalue weighted by atomic mass is 16.1.